The zero-order valence-corrected chi connectivity index (χ0v) is 26.6. The number of nitrogens with zero attached hydrogens (tertiary/aromatic N) is 4. The third kappa shape index (κ3) is 9.46. The monoisotopic (exact) mass is 598 g/mol. The van der Waals surface area contributed by atoms with E-state index in [1.54, 1.807) is 31.2 Å². The molecule has 0 bridgehead atoms. The Morgan fingerprint density at radius 2 is 1.73 bits per heavy atom. The van der Waals surface area contributed by atoms with Gasteiger partial charge in [0.15, 0.2) is 6.04 Å². The Balaban J connectivity index is 0.00000560. The summed E-state index contributed by atoms with van der Waals surface area (Å²) in [4.78, 5) is 25.2. The first kappa shape index (κ1) is 34.1. The van der Waals surface area contributed by atoms with Gasteiger partial charge in [0.1, 0.15) is 10.1 Å². The van der Waals surface area contributed by atoms with Crippen LogP contribution < -0.4 is 34.6 Å². The van der Waals surface area contributed by atoms with Gasteiger partial charge in [0.05, 0.1) is 39.2 Å². The Morgan fingerprint density at radius 3 is 2.40 bits per heavy atom. The van der Waals surface area contributed by atoms with Crippen LogP contribution in [0, 0.1) is 0 Å². The Bertz CT molecular complexity index is 1350. The molecule has 0 saturated heterocycles. The van der Waals surface area contributed by atoms with E-state index in [0.717, 1.165) is 36.4 Å². The van der Waals surface area contributed by atoms with Crippen LogP contribution in [0.1, 0.15) is 75.6 Å². The zero-order valence-electron chi connectivity index (χ0n) is 23.0. The molecule has 0 N–H and O–H groups in total. The van der Waals surface area contributed by atoms with E-state index in [2.05, 4.69) is 22.3 Å². The molecule has 2 aromatic rings. The van der Waals surface area contributed by atoms with Gasteiger partial charge < -0.3 is 9.29 Å². The van der Waals surface area contributed by atoms with E-state index >= 15 is 0 Å². The van der Waals surface area contributed by atoms with Crippen molar-refractivity contribution in [1.82, 2.24) is 0 Å². The molecule has 1 unspecified atom stereocenters. The van der Waals surface area contributed by atoms with E-state index in [9.17, 15) is 22.6 Å². The number of halogens is 1. The molecule has 210 valence electrons. The number of anilines is 1. The smallest absolute Gasteiger partial charge is 0.744 e. The minimum absolute atomic E-state index is 0. The van der Waals surface area contributed by atoms with Crippen molar-refractivity contribution in [2.45, 2.75) is 76.2 Å². The predicted molar refractivity (Wildman–Crippen MR) is 148 cm³/mol. The Kier molecular flexibility index (Phi) is 13.9. The maximum absolute atomic E-state index is 13.1. The summed E-state index contributed by atoms with van der Waals surface area (Å²) in [6.45, 7) is 4.05. The van der Waals surface area contributed by atoms with Crippen molar-refractivity contribution in [3.05, 3.63) is 53.1 Å². The van der Waals surface area contributed by atoms with Gasteiger partial charge in [-0.05, 0) is 43.7 Å². The molecule has 0 aliphatic carbocycles. The standard InChI is InChI=1S/C27H33ClN4O6S.Na/c1-3-4-5-6-7-8-9-12-17-38-27(34)21-13-10-11-14-23(21)29-30-25-19(2)31-32(26(25)33)24-18-20(39(35,36)37)15-16-22(24)28;/h10-11,13-16,18,25H,3-9,12,17H2,1-2H3,(H,35,36,37);/q;+1/p-1. The van der Waals surface area contributed by atoms with Crippen LogP contribution in [0.3, 0.4) is 0 Å². The molecule has 3 rings (SSSR count). The molecule has 0 saturated carbocycles. The number of esters is 1. The van der Waals surface area contributed by atoms with Gasteiger partial charge in [-0.2, -0.15) is 20.3 Å². The van der Waals surface area contributed by atoms with Gasteiger partial charge in [-0.15, -0.1) is 0 Å². The van der Waals surface area contributed by atoms with Crippen LogP contribution in [0.2, 0.25) is 5.02 Å². The van der Waals surface area contributed by atoms with Crippen LogP contribution in [0.5, 0.6) is 0 Å². The van der Waals surface area contributed by atoms with Crippen LogP contribution in [-0.4, -0.2) is 43.2 Å². The van der Waals surface area contributed by atoms with E-state index in [1.165, 1.54) is 38.2 Å². The number of hydrogen-bond donors (Lipinski definition) is 0. The molecule has 1 aliphatic heterocycles. The fraction of sp³-hybridized carbons (Fsp3) is 0.444. The number of amides is 1. The van der Waals surface area contributed by atoms with Crippen molar-refractivity contribution in [3.8, 4) is 0 Å². The molecule has 0 fully saturated rings. The second-order valence-electron chi connectivity index (χ2n) is 9.20. The second kappa shape index (κ2) is 16.3. The average Bonchev–Trinajstić information content (AvgIpc) is 3.18. The molecule has 2 aromatic carbocycles. The van der Waals surface area contributed by atoms with Crippen LogP contribution >= 0.6 is 11.6 Å². The van der Waals surface area contributed by atoms with E-state index < -0.39 is 32.9 Å². The molecule has 1 heterocycles. The summed E-state index contributed by atoms with van der Waals surface area (Å²) in [7, 11) is -4.77. The number of unbranched alkanes of at least 4 members (excludes halogenated alkanes) is 7. The minimum atomic E-state index is -4.77. The van der Waals surface area contributed by atoms with Gasteiger partial charge >= 0.3 is 35.5 Å². The number of azo groups is 1. The van der Waals surface area contributed by atoms with Gasteiger partial charge in [-0.3, -0.25) is 4.79 Å². The maximum Gasteiger partial charge on any atom is 1.00 e. The SMILES string of the molecule is CCCCCCCCCCOC(=O)c1ccccc1N=NC1C(=O)N(c2cc(S(=O)(=O)[O-])ccc2Cl)N=C1C.[Na+]. The molecule has 0 radical (unpaired) electrons. The summed E-state index contributed by atoms with van der Waals surface area (Å²) in [5, 5.41) is 13.3. The Labute approximate surface area is 262 Å². The van der Waals surface area contributed by atoms with Gasteiger partial charge in [0.25, 0.3) is 5.91 Å². The van der Waals surface area contributed by atoms with E-state index in [-0.39, 0.29) is 57.2 Å². The summed E-state index contributed by atoms with van der Waals surface area (Å²) in [6, 6.07) is 8.62. The number of hydrazone groups is 1. The zero-order chi connectivity index (χ0) is 28.4. The van der Waals surface area contributed by atoms with Gasteiger partial charge in [-0.25, -0.2) is 13.2 Å². The van der Waals surface area contributed by atoms with Crippen LogP contribution in [0.15, 0.2) is 62.7 Å². The molecular weight excluding hydrogens is 567 g/mol. The summed E-state index contributed by atoms with van der Waals surface area (Å²) in [5.74, 6) is -1.17. The third-order valence-electron chi connectivity index (χ3n) is 6.17. The number of hydrogen-bond acceptors (Lipinski definition) is 9. The molecule has 0 spiro atoms. The molecule has 1 atom stereocenters. The topological polar surface area (TPSA) is 141 Å². The molecule has 1 aliphatic rings. The largest absolute Gasteiger partial charge is 1.00 e. The van der Waals surface area contributed by atoms with Crippen molar-refractivity contribution in [2.24, 2.45) is 15.3 Å². The summed E-state index contributed by atoms with van der Waals surface area (Å²) in [5.41, 5.74) is 0.648. The summed E-state index contributed by atoms with van der Waals surface area (Å²) < 4.78 is 39.7. The molecule has 1 amide bonds. The molecule has 13 heteroatoms. The Hall–Kier alpha value is -2.15. The van der Waals surface area contributed by atoms with E-state index in [1.807, 2.05) is 0 Å². The normalized spacial score (nSPS) is 15.3. The number of carbonyl (C=O) groups is 2. The number of carbonyl (C=O) groups excluding carboxylic acids is 2. The van der Waals surface area contributed by atoms with Crippen LogP contribution in [0.4, 0.5) is 11.4 Å². The van der Waals surface area contributed by atoms with Crippen molar-refractivity contribution in [3.63, 3.8) is 0 Å². The first-order chi connectivity index (χ1) is 18.6. The number of rotatable bonds is 14. The van der Waals surface area contributed by atoms with Crippen molar-refractivity contribution >= 4 is 50.7 Å². The Morgan fingerprint density at radius 1 is 1.07 bits per heavy atom. The third-order valence-corrected chi connectivity index (χ3v) is 7.32. The maximum atomic E-state index is 13.1. The van der Waals surface area contributed by atoms with Gasteiger partial charge in [0, 0.05) is 0 Å². The quantitative estimate of drug-likeness (QED) is 0.107. The molecule has 10 nitrogen and oxygen atoms in total. The predicted octanol–water partition coefficient (Wildman–Crippen LogP) is 3.42. The molecular formula is C27H32ClN4NaO6S. The van der Waals surface area contributed by atoms with Gasteiger partial charge in [0.2, 0.25) is 0 Å². The van der Waals surface area contributed by atoms with Crippen molar-refractivity contribution in [1.29, 1.82) is 0 Å². The number of ether oxygens (including phenoxy) is 1. The van der Waals surface area contributed by atoms with E-state index in [4.69, 9.17) is 16.3 Å². The van der Waals surface area contributed by atoms with Crippen LogP contribution in [-0.2, 0) is 19.6 Å². The summed E-state index contributed by atoms with van der Waals surface area (Å²) >= 11 is 6.15. The number of benzene rings is 2. The van der Waals surface area contributed by atoms with Gasteiger partial charge in [-0.1, -0.05) is 75.6 Å². The van der Waals surface area contributed by atoms with Crippen molar-refractivity contribution in [2.75, 3.05) is 11.6 Å². The average molecular weight is 599 g/mol. The fourth-order valence-corrected chi connectivity index (χ4v) is 4.69. The van der Waals surface area contributed by atoms with E-state index in [0.29, 0.717) is 6.61 Å². The fourth-order valence-electron chi connectivity index (χ4n) is 4.00. The van der Waals surface area contributed by atoms with Crippen molar-refractivity contribution < 1.29 is 56.9 Å². The minimum Gasteiger partial charge on any atom is -0.744 e. The first-order valence-electron chi connectivity index (χ1n) is 12.9. The summed E-state index contributed by atoms with van der Waals surface area (Å²) in [6.07, 6.45) is 9.06. The first-order valence-corrected chi connectivity index (χ1v) is 14.7. The van der Waals surface area contributed by atoms with Crippen LogP contribution in [0.25, 0.3) is 0 Å². The molecule has 0 aromatic heterocycles. The second-order valence-corrected chi connectivity index (χ2v) is 11.0. The molecule has 40 heavy (non-hydrogen) atoms.